The number of anilines is 2. The molecule has 8 heteroatoms. The zero-order chi connectivity index (χ0) is 22.6. The summed E-state index contributed by atoms with van der Waals surface area (Å²) in [6.07, 6.45) is 3.74. The summed E-state index contributed by atoms with van der Waals surface area (Å²) in [7, 11) is 1.61. The van der Waals surface area contributed by atoms with E-state index in [9.17, 15) is 4.79 Å². The van der Waals surface area contributed by atoms with Crippen LogP contribution >= 0.6 is 0 Å². The third kappa shape index (κ3) is 4.65. The second-order valence-corrected chi connectivity index (χ2v) is 7.92. The number of imidazole rings is 1. The molecule has 8 nitrogen and oxygen atoms in total. The van der Waals surface area contributed by atoms with Crippen LogP contribution in [0.3, 0.4) is 0 Å². The molecule has 33 heavy (non-hydrogen) atoms. The van der Waals surface area contributed by atoms with Gasteiger partial charge >= 0.3 is 0 Å². The number of nitrogens with one attached hydrogen (secondary N) is 2. The van der Waals surface area contributed by atoms with Crippen LogP contribution in [-0.4, -0.2) is 46.9 Å². The Morgan fingerprint density at radius 1 is 1.03 bits per heavy atom. The minimum Gasteiger partial charge on any atom is -0.497 e. The van der Waals surface area contributed by atoms with E-state index in [-0.39, 0.29) is 5.91 Å². The number of methoxy groups -OCH3 is 1. The average Bonchev–Trinajstić information content (AvgIpc) is 3.28. The lowest BCUT2D eigenvalue weighted by atomic mass is 10.1. The molecule has 168 valence electrons. The fourth-order valence-electron chi connectivity index (χ4n) is 3.87. The van der Waals surface area contributed by atoms with Gasteiger partial charge in [0.1, 0.15) is 11.6 Å². The van der Waals surface area contributed by atoms with Crippen molar-refractivity contribution in [1.82, 2.24) is 14.6 Å². The van der Waals surface area contributed by atoms with Gasteiger partial charge in [0.15, 0.2) is 5.65 Å². The number of rotatable bonds is 6. The lowest BCUT2D eigenvalue weighted by molar-refractivity contribution is 0.0903. The fraction of sp³-hybridized carbons (Fsp3) is 0.240. The lowest BCUT2D eigenvalue weighted by Gasteiger charge is -2.23. The number of ether oxygens (including phenoxy) is 2. The maximum atomic E-state index is 12.6. The first-order chi connectivity index (χ1) is 16.2. The third-order valence-electron chi connectivity index (χ3n) is 5.73. The van der Waals surface area contributed by atoms with Gasteiger partial charge in [-0.3, -0.25) is 4.79 Å². The summed E-state index contributed by atoms with van der Waals surface area (Å²) in [4.78, 5) is 17.1. The van der Waals surface area contributed by atoms with Crippen LogP contribution in [0.2, 0.25) is 0 Å². The molecule has 2 aromatic heterocycles. The highest BCUT2D eigenvalue weighted by Crippen LogP contribution is 2.23. The molecular formula is C25H25N5O3. The molecule has 5 rings (SSSR count). The van der Waals surface area contributed by atoms with Gasteiger partial charge in [0.25, 0.3) is 5.91 Å². The molecule has 0 saturated carbocycles. The number of nitrogens with zero attached hydrogens (tertiary/aromatic N) is 3. The summed E-state index contributed by atoms with van der Waals surface area (Å²) in [5.74, 6) is 1.38. The summed E-state index contributed by atoms with van der Waals surface area (Å²) < 4.78 is 12.4. The molecule has 0 spiro atoms. The van der Waals surface area contributed by atoms with Crippen LogP contribution in [-0.2, 0) is 4.74 Å². The van der Waals surface area contributed by atoms with E-state index in [1.807, 2.05) is 40.9 Å². The van der Waals surface area contributed by atoms with E-state index in [4.69, 9.17) is 14.6 Å². The minimum absolute atomic E-state index is 0.175. The van der Waals surface area contributed by atoms with Crippen molar-refractivity contribution in [1.29, 1.82) is 0 Å². The van der Waals surface area contributed by atoms with Crippen molar-refractivity contribution in [3.05, 3.63) is 72.4 Å². The number of amides is 1. The predicted octanol–water partition coefficient (Wildman–Crippen LogP) is 4.25. The molecule has 3 heterocycles. The Kier molecular flexibility index (Phi) is 5.91. The Labute approximate surface area is 191 Å². The quantitative estimate of drug-likeness (QED) is 0.463. The van der Waals surface area contributed by atoms with Crippen molar-refractivity contribution in [2.45, 2.75) is 18.9 Å². The molecule has 1 fully saturated rings. The second kappa shape index (κ2) is 9.30. The van der Waals surface area contributed by atoms with E-state index in [1.54, 1.807) is 37.6 Å². The summed E-state index contributed by atoms with van der Waals surface area (Å²) >= 11 is 0. The first-order valence-electron chi connectivity index (χ1n) is 10.9. The van der Waals surface area contributed by atoms with Gasteiger partial charge in [-0.2, -0.15) is 0 Å². The fourth-order valence-corrected chi connectivity index (χ4v) is 3.87. The number of carbonyl (C=O) groups is 1. The standard InChI is InChI=1S/C25H25N5O3/c1-32-21-8-6-19(7-9-21)28-25(31)18-4-2-17(3-5-18)22-16-26-24-11-10-23(29-30(22)24)27-20-12-14-33-15-13-20/h2-11,16,20H,12-15H2,1H3,(H,27,29)(H,28,31). The number of benzene rings is 2. The first kappa shape index (κ1) is 21.0. The molecular weight excluding hydrogens is 418 g/mol. The van der Waals surface area contributed by atoms with Crippen molar-refractivity contribution < 1.29 is 14.3 Å². The van der Waals surface area contributed by atoms with Gasteiger partial charge in [-0.15, -0.1) is 5.10 Å². The Bertz CT molecular complexity index is 1250. The van der Waals surface area contributed by atoms with Crippen LogP contribution in [0.1, 0.15) is 23.2 Å². The van der Waals surface area contributed by atoms with Gasteiger partial charge in [-0.05, 0) is 61.4 Å². The van der Waals surface area contributed by atoms with Crippen LogP contribution in [0.5, 0.6) is 5.75 Å². The number of hydrogen-bond donors (Lipinski definition) is 2. The normalized spacial score (nSPS) is 14.2. The molecule has 1 aliphatic rings. The van der Waals surface area contributed by atoms with Crippen LogP contribution in [0.4, 0.5) is 11.5 Å². The maximum absolute atomic E-state index is 12.6. The highest BCUT2D eigenvalue weighted by molar-refractivity contribution is 6.04. The number of carbonyl (C=O) groups excluding carboxylic acids is 1. The van der Waals surface area contributed by atoms with Gasteiger partial charge in [-0.1, -0.05) is 12.1 Å². The van der Waals surface area contributed by atoms with Crippen LogP contribution in [0.25, 0.3) is 16.9 Å². The zero-order valence-electron chi connectivity index (χ0n) is 18.3. The first-order valence-corrected chi connectivity index (χ1v) is 10.9. The number of hydrogen-bond acceptors (Lipinski definition) is 6. The summed E-state index contributed by atoms with van der Waals surface area (Å²) in [5.41, 5.74) is 3.84. The number of fused-ring (bicyclic) bond motifs is 1. The Balaban J connectivity index is 1.33. The topological polar surface area (TPSA) is 89.8 Å². The molecule has 0 aliphatic carbocycles. The third-order valence-corrected chi connectivity index (χ3v) is 5.73. The maximum Gasteiger partial charge on any atom is 0.255 e. The van der Waals surface area contributed by atoms with Crippen LogP contribution in [0, 0.1) is 0 Å². The molecule has 2 N–H and O–H groups in total. The minimum atomic E-state index is -0.175. The smallest absolute Gasteiger partial charge is 0.255 e. The molecule has 1 aliphatic heterocycles. The second-order valence-electron chi connectivity index (χ2n) is 7.92. The van der Waals surface area contributed by atoms with E-state index >= 15 is 0 Å². The molecule has 0 atom stereocenters. The van der Waals surface area contributed by atoms with Gasteiger partial charge < -0.3 is 20.1 Å². The Hall–Kier alpha value is -3.91. The largest absolute Gasteiger partial charge is 0.497 e. The highest BCUT2D eigenvalue weighted by Gasteiger charge is 2.15. The monoisotopic (exact) mass is 443 g/mol. The van der Waals surface area contributed by atoms with Gasteiger partial charge in [0.2, 0.25) is 0 Å². The zero-order valence-corrected chi connectivity index (χ0v) is 18.3. The van der Waals surface area contributed by atoms with Crippen molar-refractivity contribution in [2.24, 2.45) is 0 Å². The van der Waals surface area contributed by atoms with Crippen molar-refractivity contribution >= 4 is 23.1 Å². The summed E-state index contributed by atoms with van der Waals surface area (Å²) in [6, 6.07) is 18.9. The van der Waals surface area contributed by atoms with Gasteiger partial charge in [0.05, 0.1) is 19.0 Å². The van der Waals surface area contributed by atoms with Crippen molar-refractivity contribution in [3.63, 3.8) is 0 Å². The molecule has 0 unspecified atom stereocenters. The van der Waals surface area contributed by atoms with E-state index in [2.05, 4.69) is 15.6 Å². The Morgan fingerprint density at radius 3 is 2.52 bits per heavy atom. The van der Waals surface area contributed by atoms with E-state index < -0.39 is 0 Å². The summed E-state index contributed by atoms with van der Waals surface area (Å²) in [6.45, 7) is 1.54. The van der Waals surface area contributed by atoms with Crippen molar-refractivity contribution in [3.8, 4) is 17.0 Å². The van der Waals surface area contributed by atoms with Gasteiger partial charge in [0, 0.05) is 36.1 Å². The SMILES string of the molecule is COc1ccc(NC(=O)c2ccc(-c3cnc4ccc(NC5CCOCC5)nn34)cc2)cc1. The molecule has 0 radical (unpaired) electrons. The Morgan fingerprint density at radius 2 is 1.79 bits per heavy atom. The van der Waals surface area contributed by atoms with E-state index in [0.717, 1.165) is 54.5 Å². The number of aromatic nitrogens is 3. The summed E-state index contributed by atoms with van der Waals surface area (Å²) in [5, 5.41) is 11.1. The predicted molar refractivity (Wildman–Crippen MR) is 127 cm³/mol. The van der Waals surface area contributed by atoms with E-state index in [1.165, 1.54) is 0 Å². The van der Waals surface area contributed by atoms with Crippen LogP contribution < -0.4 is 15.4 Å². The van der Waals surface area contributed by atoms with Crippen LogP contribution in [0.15, 0.2) is 66.9 Å². The molecule has 0 bridgehead atoms. The van der Waals surface area contributed by atoms with Gasteiger partial charge in [-0.25, -0.2) is 9.50 Å². The average molecular weight is 444 g/mol. The molecule has 2 aromatic carbocycles. The van der Waals surface area contributed by atoms with Crippen molar-refractivity contribution in [2.75, 3.05) is 31.0 Å². The van der Waals surface area contributed by atoms with E-state index in [0.29, 0.717) is 17.3 Å². The molecule has 1 amide bonds. The molecule has 4 aromatic rings. The molecule has 1 saturated heterocycles. The highest BCUT2D eigenvalue weighted by atomic mass is 16.5. The lowest BCUT2D eigenvalue weighted by Crippen LogP contribution is -2.28.